The molecule has 0 aliphatic carbocycles. The number of aromatic amines is 1. The fraction of sp³-hybridized carbons (Fsp3) is 0.267. The highest BCUT2D eigenvalue weighted by Crippen LogP contribution is 2.23. The van der Waals surface area contributed by atoms with Crippen molar-refractivity contribution in [2.45, 2.75) is 26.7 Å². The molecule has 3 heterocycles. The first-order valence-corrected chi connectivity index (χ1v) is 7.26. The molecule has 0 saturated carbocycles. The lowest BCUT2D eigenvalue weighted by molar-refractivity contribution is 0.102. The lowest BCUT2D eigenvalue weighted by Gasteiger charge is -2.11. The Balaban J connectivity index is 1.98. The van der Waals surface area contributed by atoms with Crippen molar-refractivity contribution in [3.05, 3.63) is 47.5 Å². The zero-order valence-corrected chi connectivity index (χ0v) is 13.1. The van der Waals surface area contributed by atoms with Crippen molar-refractivity contribution in [1.29, 1.82) is 0 Å². The molecule has 1 amide bonds. The van der Waals surface area contributed by atoms with E-state index < -0.39 is 0 Å². The number of hydrogen-bond donors (Lipinski definition) is 2. The van der Waals surface area contributed by atoms with Crippen molar-refractivity contribution in [3.63, 3.8) is 0 Å². The standard InChI is InChI=1S/C15H17N7O/c1-9(2)13-11(15(23)18-14-10(3)19-21-20-14)8-17-22(13)12-6-4-5-7-16-12/h4-9H,1-3H3,(H2,18,19,20,21,23). The molecule has 0 aromatic carbocycles. The number of aromatic nitrogens is 6. The summed E-state index contributed by atoms with van der Waals surface area (Å²) in [6, 6.07) is 5.57. The van der Waals surface area contributed by atoms with Crippen LogP contribution >= 0.6 is 0 Å². The number of amides is 1. The van der Waals surface area contributed by atoms with Gasteiger partial charge in [0.1, 0.15) is 5.69 Å². The average Bonchev–Trinajstić information content (AvgIpc) is 3.15. The van der Waals surface area contributed by atoms with Gasteiger partial charge in [-0.15, -0.1) is 5.10 Å². The number of carbonyl (C=O) groups excluding carboxylic acids is 1. The molecule has 8 nitrogen and oxygen atoms in total. The van der Waals surface area contributed by atoms with E-state index in [1.165, 1.54) is 0 Å². The van der Waals surface area contributed by atoms with Gasteiger partial charge in [0.15, 0.2) is 11.6 Å². The van der Waals surface area contributed by atoms with Gasteiger partial charge in [-0.2, -0.15) is 15.4 Å². The number of anilines is 1. The van der Waals surface area contributed by atoms with Gasteiger partial charge in [-0.05, 0) is 25.0 Å². The van der Waals surface area contributed by atoms with Crippen molar-refractivity contribution < 1.29 is 4.79 Å². The fourth-order valence-electron chi connectivity index (χ4n) is 2.33. The molecule has 23 heavy (non-hydrogen) atoms. The fourth-order valence-corrected chi connectivity index (χ4v) is 2.33. The topological polar surface area (TPSA) is 101 Å². The van der Waals surface area contributed by atoms with E-state index in [0.717, 1.165) is 5.69 Å². The maximum atomic E-state index is 12.6. The van der Waals surface area contributed by atoms with Crippen molar-refractivity contribution in [2.24, 2.45) is 0 Å². The van der Waals surface area contributed by atoms with Crippen molar-refractivity contribution >= 4 is 11.7 Å². The monoisotopic (exact) mass is 311 g/mol. The van der Waals surface area contributed by atoms with E-state index in [0.29, 0.717) is 22.9 Å². The van der Waals surface area contributed by atoms with Gasteiger partial charge in [-0.25, -0.2) is 9.67 Å². The van der Waals surface area contributed by atoms with Crippen molar-refractivity contribution in [1.82, 2.24) is 30.2 Å². The summed E-state index contributed by atoms with van der Waals surface area (Å²) < 4.78 is 1.69. The first-order chi connectivity index (χ1) is 11.1. The third kappa shape index (κ3) is 2.83. The van der Waals surface area contributed by atoms with Gasteiger partial charge in [0.25, 0.3) is 5.91 Å². The molecule has 0 aliphatic heterocycles. The van der Waals surface area contributed by atoms with E-state index in [4.69, 9.17) is 0 Å². The van der Waals surface area contributed by atoms with Crippen molar-refractivity contribution in [2.75, 3.05) is 5.32 Å². The summed E-state index contributed by atoms with van der Waals surface area (Å²) in [4.78, 5) is 16.9. The second kappa shape index (κ2) is 5.99. The molecule has 3 rings (SSSR count). The minimum absolute atomic E-state index is 0.0960. The lowest BCUT2D eigenvalue weighted by atomic mass is 10.1. The minimum Gasteiger partial charge on any atom is -0.303 e. The van der Waals surface area contributed by atoms with Gasteiger partial charge < -0.3 is 5.32 Å². The Morgan fingerprint density at radius 1 is 1.30 bits per heavy atom. The van der Waals surface area contributed by atoms with Crippen LogP contribution in [0.4, 0.5) is 5.82 Å². The Bertz CT molecular complexity index is 819. The van der Waals surface area contributed by atoms with Crippen LogP contribution in [0.2, 0.25) is 0 Å². The van der Waals surface area contributed by atoms with Gasteiger partial charge in [0.2, 0.25) is 0 Å². The Kier molecular flexibility index (Phi) is 3.88. The molecule has 0 saturated heterocycles. The predicted molar refractivity (Wildman–Crippen MR) is 84.5 cm³/mol. The number of nitrogens with one attached hydrogen (secondary N) is 2. The summed E-state index contributed by atoms with van der Waals surface area (Å²) in [5.41, 5.74) is 1.91. The number of carbonyl (C=O) groups is 1. The smallest absolute Gasteiger partial charge is 0.260 e. The maximum Gasteiger partial charge on any atom is 0.260 e. The molecule has 118 valence electrons. The number of H-pyrrole nitrogens is 1. The quantitative estimate of drug-likeness (QED) is 0.768. The minimum atomic E-state index is -0.270. The zero-order valence-electron chi connectivity index (χ0n) is 13.1. The van der Waals surface area contributed by atoms with E-state index in [2.05, 4.69) is 30.8 Å². The molecule has 0 radical (unpaired) electrons. The van der Waals surface area contributed by atoms with Crippen LogP contribution in [0.15, 0.2) is 30.6 Å². The Morgan fingerprint density at radius 2 is 2.13 bits per heavy atom. The summed E-state index contributed by atoms with van der Waals surface area (Å²) >= 11 is 0. The van der Waals surface area contributed by atoms with Crippen LogP contribution in [-0.2, 0) is 0 Å². The number of nitrogens with zero attached hydrogens (tertiary/aromatic N) is 5. The Hall–Kier alpha value is -3.03. The highest BCUT2D eigenvalue weighted by atomic mass is 16.1. The van der Waals surface area contributed by atoms with E-state index in [1.54, 1.807) is 24.0 Å². The van der Waals surface area contributed by atoms with Gasteiger partial charge in [-0.1, -0.05) is 19.9 Å². The maximum absolute atomic E-state index is 12.6. The second-order valence-electron chi connectivity index (χ2n) is 5.41. The molecular weight excluding hydrogens is 294 g/mol. The molecule has 0 unspecified atom stereocenters. The van der Waals surface area contributed by atoms with Crippen LogP contribution in [0.25, 0.3) is 5.82 Å². The molecular formula is C15H17N7O. The molecule has 0 atom stereocenters. The SMILES string of the molecule is Cc1n[nH]nc1NC(=O)c1cnn(-c2ccccn2)c1C(C)C. The first-order valence-electron chi connectivity index (χ1n) is 7.26. The Morgan fingerprint density at radius 3 is 2.74 bits per heavy atom. The summed E-state index contributed by atoms with van der Waals surface area (Å²) in [7, 11) is 0. The van der Waals surface area contributed by atoms with E-state index in [1.807, 2.05) is 32.0 Å². The van der Waals surface area contributed by atoms with Gasteiger partial charge in [-0.3, -0.25) is 4.79 Å². The van der Waals surface area contributed by atoms with Gasteiger partial charge >= 0.3 is 0 Å². The summed E-state index contributed by atoms with van der Waals surface area (Å²) in [5, 5.41) is 17.4. The van der Waals surface area contributed by atoms with Gasteiger partial charge in [0, 0.05) is 6.20 Å². The van der Waals surface area contributed by atoms with E-state index in [-0.39, 0.29) is 11.8 Å². The van der Waals surface area contributed by atoms with E-state index >= 15 is 0 Å². The first kappa shape index (κ1) is 14.9. The molecule has 0 bridgehead atoms. The summed E-state index contributed by atoms with van der Waals surface area (Å²) in [5.74, 6) is 0.912. The normalized spacial score (nSPS) is 11.0. The second-order valence-corrected chi connectivity index (χ2v) is 5.41. The van der Waals surface area contributed by atoms with Crippen molar-refractivity contribution in [3.8, 4) is 5.82 Å². The highest BCUT2D eigenvalue weighted by Gasteiger charge is 2.22. The molecule has 0 aliphatic rings. The molecule has 2 N–H and O–H groups in total. The van der Waals surface area contributed by atoms with Crippen LogP contribution in [0.3, 0.4) is 0 Å². The molecule has 3 aromatic rings. The number of aryl methyl sites for hydroxylation is 1. The molecule has 0 spiro atoms. The number of rotatable bonds is 4. The molecule has 3 aromatic heterocycles. The average molecular weight is 311 g/mol. The molecule has 8 heteroatoms. The largest absolute Gasteiger partial charge is 0.303 e. The highest BCUT2D eigenvalue weighted by molar-refractivity contribution is 6.04. The van der Waals surface area contributed by atoms with Crippen LogP contribution < -0.4 is 5.32 Å². The third-order valence-electron chi connectivity index (χ3n) is 3.42. The third-order valence-corrected chi connectivity index (χ3v) is 3.42. The van der Waals surface area contributed by atoms with Gasteiger partial charge in [0.05, 0.1) is 17.5 Å². The predicted octanol–water partition coefficient (Wildman–Crippen LogP) is 2.07. The summed E-state index contributed by atoms with van der Waals surface area (Å²) in [6.07, 6.45) is 3.24. The lowest BCUT2D eigenvalue weighted by Crippen LogP contribution is -2.16. The Labute approximate surface area is 132 Å². The van der Waals surface area contributed by atoms with Crippen LogP contribution in [0, 0.1) is 6.92 Å². The zero-order chi connectivity index (χ0) is 16.4. The van der Waals surface area contributed by atoms with Crippen LogP contribution in [0.1, 0.15) is 41.5 Å². The number of hydrogen-bond acceptors (Lipinski definition) is 5. The van der Waals surface area contributed by atoms with Crippen LogP contribution in [0.5, 0.6) is 0 Å². The summed E-state index contributed by atoms with van der Waals surface area (Å²) in [6.45, 7) is 5.78. The number of pyridine rings is 1. The molecule has 0 fully saturated rings. The van der Waals surface area contributed by atoms with E-state index in [9.17, 15) is 4.79 Å². The van der Waals surface area contributed by atoms with Crippen LogP contribution in [-0.4, -0.2) is 36.1 Å².